The molecule has 1 heterocycles. The Labute approximate surface area is 117 Å². The molecule has 0 fully saturated rings. The Morgan fingerprint density at radius 3 is 2.75 bits per heavy atom. The number of amides is 1. The van der Waals surface area contributed by atoms with Gasteiger partial charge in [0.2, 0.25) is 0 Å². The van der Waals surface area contributed by atoms with Crippen molar-refractivity contribution in [2.45, 2.75) is 6.42 Å². The molecule has 2 aromatic rings. The van der Waals surface area contributed by atoms with Gasteiger partial charge in [0.25, 0.3) is 5.69 Å². The third-order valence-corrected chi connectivity index (χ3v) is 2.90. The number of benzene rings is 1. The van der Waals surface area contributed by atoms with Crippen LogP contribution in [0, 0.1) is 5.21 Å². The Morgan fingerprint density at radius 2 is 2.05 bits per heavy atom. The molecule has 20 heavy (non-hydrogen) atoms. The number of aromatic nitrogens is 1. The Balaban J connectivity index is 1.95. The van der Waals surface area contributed by atoms with Gasteiger partial charge in [-0.1, -0.05) is 30.3 Å². The van der Waals surface area contributed by atoms with E-state index in [9.17, 15) is 10.0 Å². The molecule has 0 unspecified atom stereocenters. The van der Waals surface area contributed by atoms with Gasteiger partial charge in [-0.25, -0.2) is 0 Å². The molecule has 1 amide bonds. The van der Waals surface area contributed by atoms with E-state index in [1.54, 1.807) is 0 Å². The van der Waals surface area contributed by atoms with Crippen molar-refractivity contribution in [2.24, 2.45) is 0 Å². The number of methoxy groups -OCH3 is 1. The third-order valence-electron chi connectivity index (χ3n) is 2.90. The molecule has 0 saturated carbocycles. The van der Waals surface area contributed by atoms with Crippen molar-refractivity contribution < 1.29 is 14.3 Å². The minimum Gasteiger partial charge on any atom is -0.618 e. The van der Waals surface area contributed by atoms with Crippen LogP contribution in [0.3, 0.4) is 0 Å². The molecule has 1 N–H and O–H groups in total. The summed E-state index contributed by atoms with van der Waals surface area (Å²) >= 11 is 0. The molecule has 0 saturated heterocycles. The highest BCUT2D eigenvalue weighted by Crippen LogP contribution is 2.08. The molecule has 104 valence electrons. The molecule has 5 heteroatoms. The Kier molecular flexibility index (Phi) is 4.55. The molecule has 1 aromatic heterocycles. The predicted octanol–water partition coefficient (Wildman–Crippen LogP) is 1.30. The average molecular weight is 272 g/mol. The monoisotopic (exact) mass is 272 g/mol. The lowest BCUT2D eigenvalue weighted by atomic mass is 10.1. The summed E-state index contributed by atoms with van der Waals surface area (Å²) in [6, 6.07) is 12.8. The first kappa shape index (κ1) is 13.9. The van der Waals surface area contributed by atoms with Crippen LogP contribution in [0.4, 0.5) is 0 Å². The molecule has 0 spiro atoms. The van der Waals surface area contributed by atoms with E-state index in [2.05, 4.69) is 5.32 Å². The van der Waals surface area contributed by atoms with Crippen molar-refractivity contribution in [2.75, 3.05) is 13.7 Å². The molecule has 0 aliphatic carbocycles. The van der Waals surface area contributed by atoms with Gasteiger partial charge in [-0.15, -0.1) is 0 Å². The minimum absolute atomic E-state index is 0.0254. The topological polar surface area (TPSA) is 65.3 Å². The predicted molar refractivity (Wildman–Crippen MR) is 74.4 cm³/mol. The summed E-state index contributed by atoms with van der Waals surface area (Å²) < 4.78 is 5.53. The van der Waals surface area contributed by atoms with Crippen LogP contribution >= 0.6 is 0 Å². The van der Waals surface area contributed by atoms with Gasteiger partial charge in [-0.3, -0.25) is 4.79 Å². The van der Waals surface area contributed by atoms with E-state index in [1.807, 2.05) is 30.3 Å². The summed E-state index contributed by atoms with van der Waals surface area (Å²) in [5.74, 6) is 0.0696. The Morgan fingerprint density at radius 1 is 1.30 bits per heavy atom. The molecule has 0 atom stereocenters. The second-order valence-corrected chi connectivity index (χ2v) is 4.27. The van der Waals surface area contributed by atoms with Crippen LogP contribution in [0.25, 0.3) is 0 Å². The highest BCUT2D eigenvalue weighted by molar-refractivity contribution is 5.91. The lowest BCUT2D eigenvalue weighted by molar-refractivity contribution is -0.607. The first-order valence-electron chi connectivity index (χ1n) is 6.30. The molecule has 0 aliphatic rings. The summed E-state index contributed by atoms with van der Waals surface area (Å²) in [6.07, 6.45) is 1.97. The highest BCUT2D eigenvalue weighted by Gasteiger charge is 2.16. The highest BCUT2D eigenvalue weighted by atomic mass is 16.5. The number of ether oxygens (including phenoxy) is 1. The van der Waals surface area contributed by atoms with Crippen molar-refractivity contribution in [1.82, 2.24) is 5.32 Å². The minimum atomic E-state index is -0.408. The van der Waals surface area contributed by atoms with Crippen LogP contribution in [0.1, 0.15) is 16.1 Å². The fraction of sp³-hybridized carbons (Fsp3) is 0.200. The fourth-order valence-electron chi connectivity index (χ4n) is 1.82. The zero-order chi connectivity index (χ0) is 14.4. The summed E-state index contributed by atoms with van der Waals surface area (Å²) in [7, 11) is 1.49. The molecule has 5 nitrogen and oxygen atoms in total. The number of nitrogens with zero attached hydrogens (tertiary/aromatic N) is 1. The number of carbonyl (C=O) groups excluding carboxylic acids is 1. The van der Waals surface area contributed by atoms with Gasteiger partial charge in [0.05, 0.1) is 13.2 Å². The molecular formula is C15H16N2O3. The normalized spacial score (nSPS) is 10.1. The van der Waals surface area contributed by atoms with Crippen LogP contribution in [-0.4, -0.2) is 19.6 Å². The van der Waals surface area contributed by atoms with Crippen LogP contribution in [-0.2, 0) is 6.42 Å². The number of hydrogen-bond donors (Lipinski definition) is 1. The smallest absolute Gasteiger partial charge is 0.317 e. The van der Waals surface area contributed by atoms with Crippen LogP contribution < -0.4 is 14.8 Å². The maximum Gasteiger partial charge on any atom is 0.317 e. The Hall–Kier alpha value is -2.56. The van der Waals surface area contributed by atoms with E-state index in [1.165, 1.54) is 25.4 Å². The molecule has 1 aromatic carbocycles. The number of nitrogens with one attached hydrogen (secondary N) is 1. The molecule has 0 aliphatic heterocycles. The van der Waals surface area contributed by atoms with Gasteiger partial charge >= 0.3 is 5.91 Å². The molecule has 2 rings (SSSR count). The van der Waals surface area contributed by atoms with Crippen molar-refractivity contribution in [3.63, 3.8) is 0 Å². The second-order valence-electron chi connectivity index (χ2n) is 4.27. The lowest BCUT2D eigenvalue weighted by Crippen LogP contribution is -2.39. The zero-order valence-electron chi connectivity index (χ0n) is 11.2. The van der Waals surface area contributed by atoms with E-state index in [0.717, 1.165) is 12.0 Å². The van der Waals surface area contributed by atoms with E-state index in [0.29, 0.717) is 17.0 Å². The van der Waals surface area contributed by atoms with Gasteiger partial charge in [-0.2, -0.15) is 4.73 Å². The SMILES string of the molecule is COc1cc[n+]([O-])c(C(=O)NCCc2ccccc2)c1. The van der Waals surface area contributed by atoms with Gasteiger partial charge < -0.3 is 15.3 Å². The van der Waals surface area contributed by atoms with Crippen LogP contribution in [0.5, 0.6) is 5.75 Å². The standard InChI is InChI=1S/C15H16N2O3/c1-20-13-8-10-17(19)14(11-13)15(18)16-9-7-12-5-3-2-4-6-12/h2-6,8,10-11H,7,9H2,1H3,(H,16,18). The van der Waals surface area contributed by atoms with Crippen LogP contribution in [0.2, 0.25) is 0 Å². The van der Waals surface area contributed by atoms with Crippen molar-refractivity contribution >= 4 is 5.91 Å². The van der Waals surface area contributed by atoms with Gasteiger partial charge in [-0.05, 0) is 12.0 Å². The summed E-state index contributed by atoms with van der Waals surface area (Å²) in [4.78, 5) is 11.9. The summed E-state index contributed by atoms with van der Waals surface area (Å²) in [6.45, 7) is 0.472. The molecule has 0 bridgehead atoms. The summed E-state index contributed by atoms with van der Waals surface area (Å²) in [5.41, 5.74) is 1.16. The van der Waals surface area contributed by atoms with E-state index in [4.69, 9.17) is 4.74 Å². The average Bonchev–Trinajstić information content (AvgIpc) is 2.48. The number of rotatable bonds is 5. The maximum absolute atomic E-state index is 11.9. The Bertz CT molecular complexity index is 585. The first-order valence-corrected chi connectivity index (χ1v) is 6.30. The zero-order valence-corrected chi connectivity index (χ0v) is 11.2. The second kappa shape index (κ2) is 6.56. The lowest BCUT2D eigenvalue weighted by Gasteiger charge is -2.07. The van der Waals surface area contributed by atoms with E-state index in [-0.39, 0.29) is 5.69 Å². The third kappa shape index (κ3) is 3.47. The quantitative estimate of drug-likeness (QED) is 0.659. The number of pyridine rings is 1. The van der Waals surface area contributed by atoms with E-state index < -0.39 is 5.91 Å². The first-order chi connectivity index (χ1) is 9.70. The van der Waals surface area contributed by atoms with E-state index >= 15 is 0 Å². The van der Waals surface area contributed by atoms with Crippen molar-refractivity contribution in [3.05, 3.63) is 65.1 Å². The summed E-state index contributed by atoms with van der Waals surface area (Å²) in [5, 5.41) is 14.3. The maximum atomic E-state index is 11.9. The van der Waals surface area contributed by atoms with Gasteiger partial charge in [0.1, 0.15) is 5.75 Å². The number of carbonyl (C=O) groups is 1. The number of hydrogen-bond acceptors (Lipinski definition) is 3. The largest absolute Gasteiger partial charge is 0.618 e. The van der Waals surface area contributed by atoms with Crippen molar-refractivity contribution in [3.8, 4) is 5.75 Å². The van der Waals surface area contributed by atoms with Gasteiger partial charge in [0, 0.05) is 12.6 Å². The van der Waals surface area contributed by atoms with Gasteiger partial charge in [0.15, 0.2) is 6.20 Å². The molecule has 0 radical (unpaired) electrons. The fourth-order valence-corrected chi connectivity index (χ4v) is 1.82. The molecular weight excluding hydrogens is 256 g/mol. The van der Waals surface area contributed by atoms with Crippen molar-refractivity contribution in [1.29, 1.82) is 0 Å². The van der Waals surface area contributed by atoms with Crippen LogP contribution in [0.15, 0.2) is 48.7 Å².